The van der Waals surface area contributed by atoms with Crippen LogP contribution in [0.5, 0.6) is 11.5 Å². The van der Waals surface area contributed by atoms with Crippen molar-refractivity contribution in [3.05, 3.63) is 48.0 Å². The van der Waals surface area contributed by atoms with E-state index in [0.717, 1.165) is 5.69 Å². The molecule has 0 bridgehead atoms. The number of carbonyl (C=O) groups is 2. The molecule has 2 N–H and O–H groups in total. The van der Waals surface area contributed by atoms with Crippen molar-refractivity contribution in [1.82, 2.24) is 0 Å². The SMILES string of the molecule is CC(C)c1ccc(NC(=O)COc2ccc3c(c2)NC(=O)CO3)cc1. The number of hydrogen-bond donors (Lipinski definition) is 2. The van der Waals surface area contributed by atoms with E-state index in [2.05, 4.69) is 24.5 Å². The van der Waals surface area contributed by atoms with Crippen LogP contribution in [0.15, 0.2) is 42.5 Å². The molecular formula is C19H20N2O4. The fourth-order valence-electron chi connectivity index (χ4n) is 2.45. The Hall–Kier alpha value is -3.02. The fourth-order valence-corrected chi connectivity index (χ4v) is 2.45. The summed E-state index contributed by atoms with van der Waals surface area (Å²) in [6, 6.07) is 12.8. The summed E-state index contributed by atoms with van der Waals surface area (Å²) in [5, 5.41) is 5.49. The van der Waals surface area contributed by atoms with E-state index in [1.54, 1.807) is 18.2 Å². The summed E-state index contributed by atoms with van der Waals surface area (Å²) in [6.45, 7) is 4.12. The van der Waals surface area contributed by atoms with Gasteiger partial charge in [-0.3, -0.25) is 9.59 Å². The van der Waals surface area contributed by atoms with Gasteiger partial charge in [0.2, 0.25) is 0 Å². The molecule has 130 valence electrons. The summed E-state index contributed by atoms with van der Waals surface area (Å²) < 4.78 is 10.8. The summed E-state index contributed by atoms with van der Waals surface area (Å²) in [5.74, 6) is 1.04. The monoisotopic (exact) mass is 340 g/mol. The first-order valence-corrected chi connectivity index (χ1v) is 8.10. The van der Waals surface area contributed by atoms with Crippen LogP contribution < -0.4 is 20.1 Å². The minimum Gasteiger partial charge on any atom is -0.484 e. The van der Waals surface area contributed by atoms with Gasteiger partial charge in [-0.25, -0.2) is 0 Å². The van der Waals surface area contributed by atoms with E-state index < -0.39 is 0 Å². The third kappa shape index (κ3) is 4.29. The molecule has 1 aliphatic rings. The molecule has 0 atom stereocenters. The lowest BCUT2D eigenvalue weighted by atomic mass is 10.0. The lowest BCUT2D eigenvalue weighted by molar-refractivity contribution is -0.119. The molecule has 0 spiro atoms. The molecule has 2 amide bonds. The van der Waals surface area contributed by atoms with Crippen LogP contribution in [0.4, 0.5) is 11.4 Å². The standard InChI is InChI=1S/C19H20N2O4/c1-12(2)13-3-5-14(6-4-13)20-18(22)10-24-15-7-8-17-16(9-15)21-19(23)11-25-17/h3-9,12H,10-11H2,1-2H3,(H,20,22)(H,21,23). The Morgan fingerprint density at radius 1 is 1.24 bits per heavy atom. The Labute approximate surface area is 146 Å². The summed E-state index contributed by atoms with van der Waals surface area (Å²) in [6.07, 6.45) is 0. The van der Waals surface area contributed by atoms with Crippen molar-refractivity contribution in [3.8, 4) is 11.5 Å². The molecule has 6 nitrogen and oxygen atoms in total. The number of carbonyl (C=O) groups excluding carboxylic acids is 2. The quantitative estimate of drug-likeness (QED) is 0.876. The van der Waals surface area contributed by atoms with Gasteiger partial charge in [0.25, 0.3) is 11.8 Å². The molecule has 0 unspecified atom stereocenters. The van der Waals surface area contributed by atoms with Crippen molar-refractivity contribution >= 4 is 23.2 Å². The highest BCUT2D eigenvalue weighted by Crippen LogP contribution is 2.31. The van der Waals surface area contributed by atoms with Gasteiger partial charge in [-0.05, 0) is 35.7 Å². The second-order valence-corrected chi connectivity index (χ2v) is 6.11. The molecule has 2 aromatic rings. The molecule has 6 heteroatoms. The summed E-state index contributed by atoms with van der Waals surface area (Å²) in [7, 11) is 0. The van der Waals surface area contributed by atoms with Gasteiger partial charge in [0.05, 0.1) is 5.69 Å². The average molecular weight is 340 g/mol. The first kappa shape index (κ1) is 16.8. The predicted octanol–water partition coefficient (Wildman–Crippen LogP) is 3.16. The van der Waals surface area contributed by atoms with Gasteiger partial charge in [-0.15, -0.1) is 0 Å². The third-order valence-electron chi connectivity index (χ3n) is 3.81. The van der Waals surface area contributed by atoms with Gasteiger partial charge < -0.3 is 20.1 Å². The van der Waals surface area contributed by atoms with E-state index in [1.165, 1.54) is 5.56 Å². The largest absolute Gasteiger partial charge is 0.484 e. The van der Waals surface area contributed by atoms with E-state index in [9.17, 15) is 9.59 Å². The van der Waals surface area contributed by atoms with E-state index in [0.29, 0.717) is 23.1 Å². The average Bonchev–Trinajstić information content (AvgIpc) is 2.60. The Bertz CT molecular complexity index is 785. The van der Waals surface area contributed by atoms with Crippen LogP contribution in [0.2, 0.25) is 0 Å². The Kier molecular flexibility index (Phi) is 4.88. The Morgan fingerprint density at radius 2 is 2.00 bits per heavy atom. The van der Waals surface area contributed by atoms with Gasteiger partial charge in [-0.1, -0.05) is 26.0 Å². The lowest BCUT2D eigenvalue weighted by Gasteiger charge is -2.18. The third-order valence-corrected chi connectivity index (χ3v) is 3.81. The highest BCUT2D eigenvalue weighted by Gasteiger charge is 2.16. The first-order valence-electron chi connectivity index (χ1n) is 8.10. The highest BCUT2D eigenvalue weighted by molar-refractivity contribution is 5.95. The maximum atomic E-state index is 12.0. The van der Waals surface area contributed by atoms with Gasteiger partial charge in [0.1, 0.15) is 11.5 Å². The number of anilines is 2. The minimum absolute atomic E-state index is 0.00517. The second-order valence-electron chi connectivity index (χ2n) is 6.11. The molecular weight excluding hydrogens is 320 g/mol. The van der Waals surface area contributed by atoms with Gasteiger partial charge in [0.15, 0.2) is 13.2 Å². The van der Waals surface area contributed by atoms with Crippen molar-refractivity contribution in [1.29, 1.82) is 0 Å². The van der Waals surface area contributed by atoms with Crippen LogP contribution >= 0.6 is 0 Å². The minimum atomic E-state index is -0.254. The fraction of sp³-hybridized carbons (Fsp3) is 0.263. The van der Waals surface area contributed by atoms with Crippen molar-refractivity contribution in [2.45, 2.75) is 19.8 Å². The van der Waals surface area contributed by atoms with Crippen molar-refractivity contribution < 1.29 is 19.1 Å². The zero-order valence-corrected chi connectivity index (χ0v) is 14.2. The number of rotatable bonds is 5. The molecule has 0 saturated carbocycles. The number of benzene rings is 2. The molecule has 0 aromatic heterocycles. The molecule has 0 saturated heterocycles. The molecule has 1 aliphatic heterocycles. The number of nitrogens with one attached hydrogen (secondary N) is 2. The van der Waals surface area contributed by atoms with Crippen LogP contribution in [0.25, 0.3) is 0 Å². The van der Waals surface area contributed by atoms with Crippen LogP contribution in [-0.2, 0) is 9.59 Å². The molecule has 0 fully saturated rings. The van der Waals surface area contributed by atoms with Gasteiger partial charge >= 0.3 is 0 Å². The normalized spacial score (nSPS) is 12.8. The summed E-state index contributed by atoms with van der Waals surface area (Å²) >= 11 is 0. The maximum Gasteiger partial charge on any atom is 0.262 e. The maximum absolute atomic E-state index is 12.0. The Balaban J connectivity index is 1.55. The van der Waals surface area contributed by atoms with Gasteiger partial charge in [0, 0.05) is 11.8 Å². The number of hydrogen-bond acceptors (Lipinski definition) is 4. The smallest absolute Gasteiger partial charge is 0.262 e. The zero-order valence-electron chi connectivity index (χ0n) is 14.2. The van der Waals surface area contributed by atoms with Crippen molar-refractivity contribution in [2.75, 3.05) is 23.8 Å². The predicted molar refractivity (Wildman–Crippen MR) is 95.2 cm³/mol. The highest BCUT2D eigenvalue weighted by atomic mass is 16.5. The van der Waals surface area contributed by atoms with E-state index >= 15 is 0 Å². The van der Waals surface area contributed by atoms with Gasteiger partial charge in [-0.2, -0.15) is 0 Å². The van der Waals surface area contributed by atoms with Crippen molar-refractivity contribution in [3.63, 3.8) is 0 Å². The number of ether oxygens (including phenoxy) is 2. The first-order chi connectivity index (χ1) is 12.0. The Morgan fingerprint density at radius 3 is 2.72 bits per heavy atom. The molecule has 3 rings (SSSR count). The zero-order chi connectivity index (χ0) is 17.8. The topological polar surface area (TPSA) is 76.7 Å². The van der Waals surface area contributed by atoms with E-state index in [-0.39, 0.29) is 25.0 Å². The molecule has 0 radical (unpaired) electrons. The van der Waals surface area contributed by atoms with E-state index in [4.69, 9.17) is 9.47 Å². The van der Waals surface area contributed by atoms with Crippen LogP contribution in [0, 0.1) is 0 Å². The van der Waals surface area contributed by atoms with Crippen LogP contribution in [0.3, 0.4) is 0 Å². The van der Waals surface area contributed by atoms with Crippen LogP contribution in [-0.4, -0.2) is 25.0 Å². The summed E-state index contributed by atoms with van der Waals surface area (Å²) in [5.41, 5.74) is 2.48. The molecule has 2 aromatic carbocycles. The van der Waals surface area contributed by atoms with Crippen molar-refractivity contribution in [2.24, 2.45) is 0 Å². The number of fused-ring (bicyclic) bond motifs is 1. The number of amides is 2. The van der Waals surface area contributed by atoms with Crippen LogP contribution in [0.1, 0.15) is 25.3 Å². The lowest BCUT2D eigenvalue weighted by Crippen LogP contribution is -2.25. The summed E-state index contributed by atoms with van der Waals surface area (Å²) in [4.78, 5) is 23.3. The van der Waals surface area contributed by atoms with E-state index in [1.807, 2.05) is 24.3 Å². The molecule has 1 heterocycles. The second kappa shape index (κ2) is 7.25. The molecule has 25 heavy (non-hydrogen) atoms. The molecule has 0 aliphatic carbocycles.